The van der Waals surface area contributed by atoms with Crippen LogP contribution >= 0.6 is 0 Å². The first-order valence-corrected chi connectivity index (χ1v) is 5.64. The first-order chi connectivity index (χ1) is 7.83. The summed E-state index contributed by atoms with van der Waals surface area (Å²) in [5.74, 6) is 1.63. The van der Waals surface area contributed by atoms with Crippen LogP contribution in [0.25, 0.3) is 0 Å². The Morgan fingerprint density at radius 2 is 2.19 bits per heavy atom. The number of pyridine rings is 1. The molecular weight excluding hydrogens is 200 g/mol. The van der Waals surface area contributed by atoms with Crippen molar-refractivity contribution in [3.8, 4) is 6.07 Å². The van der Waals surface area contributed by atoms with Crippen LogP contribution in [-0.4, -0.2) is 24.6 Å². The smallest absolute Gasteiger partial charge is 0.128 e. The molecule has 1 fully saturated rings. The summed E-state index contributed by atoms with van der Waals surface area (Å²) < 4.78 is 0. The van der Waals surface area contributed by atoms with Gasteiger partial charge in [-0.15, -0.1) is 0 Å². The van der Waals surface area contributed by atoms with E-state index in [1.807, 2.05) is 12.1 Å². The number of nitrogens with two attached hydrogens (primary N) is 1. The van der Waals surface area contributed by atoms with Gasteiger partial charge in [-0.2, -0.15) is 5.26 Å². The van der Waals surface area contributed by atoms with Crippen LogP contribution in [0.15, 0.2) is 18.3 Å². The minimum atomic E-state index is 0.612. The summed E-state index contributed by atoms with van der Waals surface area (Å²) in [5.41, 5.74) is 6.27. The third-order valence-corrected chi connectivity index (χ3v) is 3.15. The standard InChI is InChI=1S/C12H16N4/c13-7-10-3-5-16(6-4-10)12-2-1-11(8-14)9-15-12/h1-2,9-10H,3-7,13H2. The highest BCUT2D eigenvalue weighted by atomic mass is 15.2. The maximum atomic E-state index is 8.69. The molecule has 1 saturated heterocycles. The van der Waals surface area contributed by atoms with E-state index in [2.05, 4.69) is 16.0 Å². The molecule has 0 aromatic carbocycles. The molecule has 84 valence electrons. The van der Waals surface area contributed by atoms with Crippen molar-refractivity contribution in [2.24, 2.45) is 11.7 Å². The van der Waals surface area contributed by atoms with Crippen molar-refractivity contribution in [2.75, 3.05) is 24.5 Å². The van der Waals surface area contributed by atoms with Crippen LogP contribution in [0.2, 0.25) is 0 Å². The summed E-state index contributed by atoms with van der Waals surface area (Å²) in [4.78, 5) is 6.55. The quantitative estimate of drug-likeness (QED) is 0.804. The van der Waals surface area contributed by atoms with Gasteiger partial charge >= 0.3 is 0 Å². The van der Waals surface area contributed by atoms with Crippen LogP contribution in [0.4, 0.5) is 5.82 Å². The van der Waals surface area contributed by atoms with Crippen LogP contribution in [-0.2, 0) is 0 Å². The molecule has 0 amide bonds. The van der Waals surface area contributed by atoms with E-state index in [1.165, 1.54) is 0 Å². The zero-order chi connectivity index (χ0) is 11.4. The highest BCUT2D eigenvalue weighted by Crippen LogP contribution is 2.20. The maximum absolute atomic E-state index is 8.69. The number of nitrogens with zero attached hydrogens (tertiary/aromatic N) is 3. The zero-order valence-corrected chi connectivity index (χ0v) is 9.26. The fraction of sp³-hybridized carbons (Fsp3) is 0.500. The molecule has 4 heteroatoms. The first kappa shape index (κ1) is 10.9. The van der Waals surface area contributed by atoms with Gasteiger partial charge in [-0.3, -0.25) is 0 Å². The Labute approximate surface area is 95.7 Å². The van der Waals surface area contributed by atoms with Crippen molar-refractivity contribution < 1.29 is 0 Å². The zero-order valence-electron chi connectivity index (χ0n) is 9.26. The number of piperidine rings is 1. The lowest BCUT2D eigenvalue weighted by Gasteiger charge is -2.32. The molecular formula is C12H16N4. The van der Waals surface area contributed by atoms with E-state index >= 15 is 0 Å². The average Bonchev–Trinajstić information content (AvgIpc) is 2.39. The van der Waals surface area contributed by atoms with Crippen LogP contribution < -0.4 is 10.6 Å². The SMILES string of the molecule is N#Cc1ccc(N2CCC(CN)CC2)nc1. The molecule has 0 bridgehead atoms. The second-order valence-electron chi connectivity index (χ2n) is 4.18. The van der Waals surface area contributed by atoms with Crippen LogP contribution in [0.5, 0.6) is 0 Å². The van der Waals surface area contributed by atoms with Gasteiger partial charge in [0.2, 0.25) is 0 Å². The molecule has 0 saturated carbocycles. The molecule has 0 unspecified atom stereocenters. The average molecular weight is 216 g/mol. The summed E-state index contributed by atoms with van der Waals surface area (Å²) in [6, 6.07) is 5.81. The number of hydrogen-bond acceptors (Lipinski definition) is 4. The molecule has 1 aromatic rings. The van der Waals surface area contributed by atoms with Gasteiger partial charge in [0.25, 0.3) is 0 Å². The summed E-state index contributed by atoms with van der Waals surface area (Å²) in [5, 5.41) is 8.69. The minimum Gasteiger partial charge on any atom is -0.357 e. The third-order valence-electron chi connectivity index (χ3n) is 3.15. The molecule has 0 radical (unpaired) electrons. The van der Waals surface area contributed by atoms with Crippen molar-refractivity contribution in [1.82, 2.24) is 4.98 Å². The second kappa shape index (κ2) is 4.95. The fourth-order valence-electron chi connectivity index (χ4n) is 2.04. The molecule has 2 rings (SSSR count). The predicted molar refractivity (Wildman–Crippen MR) is 62.9 cm³/mol. The van der Waals surface area contributed by atoms with E-state index in [9.17, 15) is 0 Å². The van der Waals surface area contributed by atoms with Gasteiger partial charge in [-0.05, 0) is 37.4 Å². The van der Waals surface area contributed by atoms with Crippen molar-refractivity contribution in [1.29, 1.82) is 5.26 Å². The number of aromatic nitrogens is 1. The first-order valence-electron chi connectivity index (χ1n) is 5.64. The molecule has 1 aromatic heterocycles. The van der Waals surface area contributed by atoms with Crippen molar-refractivity contribution in [3.05, 3.63) is 23.9 Å². The molecule has 2 heterocycles. The molecule has 1 aliphatic rings. The Kier molecular flexibility index (Phi) is 3.37. The van der Waals surface area contributed by atoms with Crippen molar-refractivity contribution in [2.45, 2.75) is 12.8 Å². The van der Waals surface area contributed by atoms with Crippen LogP contribution in [0, 0.1) is 17.2 Å². The summed E-state index contributed by atoms with van der Waals surface area (Å²) in [6.07, 6.45) is 3.90. The Hall–Kier alpha value is -1.60. The second-order valence-corrected chi connectivity index (χ2v) is 4.18. The molecule has 0 atom stereocenters. The molecule has 4 nitrogen and oxygen atoms in total. The van der Waals surface area contributed by atoms with Crippen LogP contribution in [0.3, 0.4) is 0 Å². The van der Waals surface area contributed by atoms with Crippen molar-refractivity contribution in [3.63, 3.8) is 0 Å². The molecule has 16 heavy (non-hydrogen) atoms. The number of hydrogen-bond donors (Lipinski definition) is 1. The van der Waals surface area contributed by atoms with Gasteiger partial charge in [-0.1, -0.05) is 0 Å². The Balaban J connectivity index is 2.00. The van der Waals surface area contributed by atoms with E-state index in [0.29, 0.717) is 11.5 Å². The lowest BCUT2D eigenvalue weighted by molar-refractivity contribution is 0.413. The topological polar surface area (TPSA) is 65.9 Å². The number of nitriles is 1. The van der Waals surface area contributed by atoms with Gasteiger partial charge in [0.15, 0.2) is 0 Å². The van der Waals surface area contributed by atoms with E-state index in [-0.39, 0.29) is 0 Å². The van der Waals surface area contributed by atoms with Crippen molar-refractivity contribution >= 4 is 5.82 Å². The monoisotopic (exact) mass is 216 g/mol. The van der Waals surface area contributed by atoms with Gasteiger partial charge in [-0.25, -0.2) is 4.98 Å². The van der Waals surface area contributed by atoms with Gasteiger partial charge < -0.3 is 10.6 Å². The van der Waals surface area contributed by atoms with Gasteiger partial charge in [0.05, 0.1) is 5.56 Å². The van der Waals surface area contributed by atoms with Crippen LogP contribution in [0.1, 0.15) is 18.4 Å². The predicted octanol–water partition coefficient (Wildman–Crippen LogP) is 1.13. The fourth-order valence-corrected chi connectivity index (χ4v) is 2.04. The number of anilines is 1. The highest BCUT2D eigenvalue weighted by Gasteiger charge is 2.18. The Morgan fingerprint density at radius 1 is 1.44 bits per heavy atom. The normalized spacial score (nSPS) is 17.1. The summed E-state index contributed by atoms with van der Waals surface area (Å²) in [6.45, 7) is 2.82. The molecule has 0 aliphatic carbocycles. The van der Waals surface area contributed by atoms with Gasteiger partial charge in [0, 0.05) is 19.3 Å². The molecule has 0 spiro atoms. The minimum absolute atomic E-state index is 0.612. The molecule has 2 N–H and O–H groups in total. The lowest BCUT2D eigenvalue weighted by Crippen LogP contribution is -2.36. The summed E-state index contributed by atoms with van der Waals surface area (Å²) >= 11 is 0. The number of rotatable bonds is 2. The third kappa shape index (κ3) is 2.31. The maximum Gasteiger partial charge on any atom is 0.128 e. The van der Waals surface area contributed by atoms with E-state index in [4.69, 9.17) is 11.0 Å². The lowest BCUT2D eigenvalue weighted by atomic mass is 9.97. The molecule has 1 aliphatic heterocycles. The Bertz CT molecular complexity index is 371. The van der Waals surface area contributed by atoms with E-state index in [1.54, 1.807) is 6.20 Å². The summed E-state index contributed by atoms with van der Waals surface area (Å²) in [7, 11) is 0. The highest BCUT2D eigenvalue weighted by molar-refractivity contribution is 5.42. The Morgan fingerprint density at radius 3 is 2.69 bits per heavy atom. The van der Waals surface area contributed by atoms with E-state index in [0.717, 1.165) is 38.3 Å². The largest absolute Gasteiger partial charge is 0.357 e. The van der Waals surface area contributed by atoms with Gasteiger partial charge in [0.1, 0.15) is 11.9 Å². The van der Waals surface area contributed by atoms with E-state index < -0.39 is 0 Å².